The minimum atomic E-state index is -1.23. The number of rotatable bonds is 7. The zero-order valence-electron chi connectivity index (χ0n) is 25.1. The topological polar surface area (TPSA) is 141 Å². The summed E-state index contributed by atoms with van der Waals surface area (Å²) in [5.74, 6) is -1.75. The van der Waals surface area contributed by atoms with E-state index in [0.29, 0.717) is 12.8 Å². The summed E-state index contributed by atoms with van der Waals surface area (Å²) in [6, 6.07) is -0.682. The quantitative estimate of drug-likeness (QED) is 0.337. The molecule has 0 aromatic heterocycles. The third-order valence-electron chi connectivity index (χ3n) is 7.45. The molecule has 0 saturated carbocycles. The number of carbonyl (C=O) groups is 3. The van der Waals surface area contributed by atoms with Crippen LogP contribution in [0.25, 0.3) is 0 Å². The first-order valence-corrected chi connectivity index (χ1v) is 14.1. The predicted octanol–water partition coefficient (Wildman–Crippen LogP) is 1.95. The molecule has 1 fully saturated rings. The first kappa shape index (κ1) is 34.8. The van der Waals surface area contributed by atoms with Crippen molar-refractivity contribution in [3.05, 3.63) is 36.5 Å². The molecule has 0 radical (unpaired) electrons. The van der Waals surface area contributed by atoms with Gasteiger partial charge in [0, 0.05) is 33.0 Å². The number of ether oxygens (including phenoxy) is 5. The number of hydrogen-bond donors (Lipinski definition) is 2. The summed E-state index contributed by atoms with van der Waals surface area (Å²) >= 11 is 0. The Kier molecular flexibility index (Phi) is 14.3. The molecule has 232 valence electrons. The van der Waals surface area contributed by atoms with Crippen LogP contribution in [0.5, 0.6) is 0 Å². The van der Waals surface area contributed by atoms with Crippen molar-refractivity contribution < 1.29 is 48.3 Å². The number of hydrogen-bond acceptors (Lipinski definition) is 11. The average molecular weight is 582 g/mol. The van der Waals surface area contributed by atoms with Gasteiger partial charge in [-0.15, -0.1) is 0 Å². The molecule has 2 rings (SSSR count). The zero-order valence-corrected chi connectivity index (χ0v) is 25.1. The van der Waals surface area contributed by atoms with Crippen LogP contribution in [-0.2, 0) is 38.1 Å². The van der Waals surface area contributed by atoms with Crippen molar-refractivity contribution in [3.8, 4) is 0 Å². The predicted molar refractivity (Wildman–Crippen MR) is 151 cm³/mol. The van der Waals surface area contributed by atoms with Crippen LogP contribution in [0.4, 0.5) is 0 Å². The van der Waals surface area contributed by atoms with E-state index in [2.05, 4.69) is 0 Å². The third kappa shape index (κ3) is 10.4. The van der Waals surface area contributed by atoms with Gasteiger partial charge in [-0.3, -0.25) is 4.79 Å². The highest BCUT2D eigenvalue weighted by Crippen LogP contribution is 2.32. The first-order chi connectivity index (χ1) is 19.4. The van der Waals surface area contributed by atoms with Gasteiger partial charge in [-0.2, -0.15) is 0 Å². The van der Waals surface area contributed by atoms with E-state index in [-0.39, 0.29) is 12.3 Å². The van der Waals surface area contributed by atoms with Crippen molar-refractivity contribution >= 4 is 18.2 Å². The highest BCUT2D eigenvalue weighted by molar-refractivity contribution is 5.82. The Morgan fingerprint density at radius 1 is 1.12 bits per heavy atom. The molecule has 2 aliphatic rings. The van der Waals surface area contributed by atoms with Gasteiger partial charge < -0.3 is 43.6 Å². The number of carbonyl (C=O) groups excluding carboxylic acids is 3. The van der Waals surface area contributed by atoms with Crippen molar-refractivity contribution in [2.24, 2.45) is 11.8 Å². The van der Waals surface area contributed by atoms with Gasteiger partial charge in [0.05, 0.1) is 24.4 Å². The highest BCUT2D eigenvalue weighted by Gasteiger charge is 2.46. The number of likely N-dealkylation sites (N-methyl/N-ethyl adjacent to an activating group) is 1. The lowest BCUT2D eigenvalue weighted by atomic mass is 9.83. The minimum Gasteiger partial charge on any atom is -0.459 e. The number of aliphatic hydroxyl groups is 2. The number of esters is 2. The molecule has 1 saturated heterocycles. The Labute approximate surface area is 243 Å². The van der Waals surface area contributed by atoms with Crippen LogP contribution in [0, 0.1) is 11.8 Å². The molecular formula is C30H47NO10. The number of nitrogens with zero attached hydrogens (tertiary/aromatic N) is 1. The van der Waals surface area contributed by atoms with Crippen LogP contribution in [0.2, 0.25) is 0 Å². The van der Waals surface area contributed by atoms with Gasteiger partial charge in [-0.05, 0) is 58.4 Å². The molecule has 0 aromatic rings. The molecule has 11 heteroatoms. The molecule has 0 aliphatic carbocycles. The Bertz CT molecular complexity index is 934. The molecular weight excluding hydrogens is 534 g/mol. The molecule has 0 amide bonds. The molecule has 41 heavy (non-hydrogen) atoms. The van der Waals surface area contributed by atoms with Crippen LogP contribution in [0.1, 0.15) is 47.0 Å². The van der Waals surface area contributed by atoms with Crippen molar-refractivity contribution in [1.29, 1.82) is 0 Å². The van der Waals surface area contributed by atoms with E-state index in [4.69, 9.17) is 23.7 Å². The fraction of sp³-hybridized carbons (Fsp3) is 0.700. The second-order valence-electron chi connectivity index (χ2n) is 11.1. The summed E-state index contributed by atoms with van der Waals surface area (Å²) in [6.07, 6.45) is 4.86. The molecule has 0 unspecified atom stereocenters. The summed E-state index contributed by atoms with van der Waals surface area (Å²) in [5, 5.41) is 21.8. The maximum atomic E-state index is 12.6. The zero-order chi connectivity index (χ0) is 30.7. The second-order valence-corrected chi connectivity index (χ2v) is 11.1. The second kappa shape index (κ2) is 16.9. The Hall–Kier alpha value is -2.41. The standard InChI is InChI=1S/C30H47NO10/c1-18-17-22(15-16-32)29(41-30-28(36)26(31(5)6)27(35)20(3)39-30)24(37-7)13-14-25(34)38-19(2)11-9-8-10-12-23(18)40-21(4)33/h8-10,12-14,16,18-20,22-24,26-30,35-36H,11,15,17H2,1-7H3/b9-8+,12-10+,14-13-/t18-,19-,20-,22+,23+,24+,26+,27-,28-,29+,30+/m1/s1. The Morgan fingerprint density at radius 3 is 2.44 bits per heavy atom. The summed E-state index contributed by atoms with van der Waals surface area (Å²) in [5.41, 5.74) is 0. The van der Waals surface area contributed by atoms with Crippen LogP contribution in [0.15, 0.2) is 36.5 Å². The molecule has 2 aliphatic heterocycles. The number of aldehydes is 1. The molecule has 0 spiro atoms. The van der Waals surface area contributed by atoms with Gasteiger partial charge in [0.25, 0.3) is 0 Å². The van der Waals surface area contributed by atoms with E-state index in [1.807, 2.05) is 13.0 Å². The fourth-order valence-corrected chi connectivity index (χ4v) is 5.29. The van der Waals surface area contributed by atoms with Crippen molar-refractivity contribution in [3.63, 3.8) is 0 Å². The smallest absolute Gasteiger partial charge is 0.330 e. The van der Waals surface area contributed by atoms with E-state index in [1.165, 1.54) is 26.2 Å². The fourth-order valence-electron chi connectivity index (χ4n) is 5.29. The molecule has 11 atom stereocenters. The van der Waals surface area contributed by atoms with Crippen LogP contribution < -0.4 is 0 Å². The van der Waals surface area contributed by atoms with Crippen LogP contribution in [0.3, 0.4) is 0 Å². The van der Waals surface area contributed by atoms with Gasteiger partial charge >= 0.3 is 11.9 Å². The van der Waals surface area contributed by atoms with Gasteiger partial charge in [-0.25, -0.2) is 4.79 Å². The number of aliphatic hydroxyl groups excluding tert-OH is 2. The SMILES string of the molecule is CO[C@H]1/C=C\C(=O)O[C@H](C)C/C=C/C=C/[C@H](OC(C)=O)[C@H](C)C[C@H](CC=O)[C@@H]1O[C@@H]1O[C@H](C)[C@@H](O)[C@H](N(C)C)[C@H]1O. The summed E-state index contributed by atoms with van der Waals surface area (Å²) in [4.78, 5) is 38.1. The van der Waals surface area contributed by atoms with Gasteiger partial charge in [0.1, 0.15) is 30.7 Å². The maximum Gasteiger partial charge on any atom is 0.330 e. The lowest BCUT2D eigenvalue weighted by molar-refractivity contribution is -0.304. The molecule has 2 heterocycles. The largest absolute Gasteiger partial charge is 0.459 e. The van der Waals surface area contributed by atoms with E-state index in [0.717, 1.165) is 6.29 Å². The lowest BCUT2D eigenvalue weighted by Crippen LogP contribution is -2.63. The monoisotopic (exact) mass is 581 g/mol. The normalized spacial score (nSPS) is 39.9. The Morgan fingerprint density at radius 2 is 1.83 bits per heavy atom. The minimum absolute atomic E-state index is 0.0543. The summed E-state index contributed by atoms with van der Waals surface area (Å²) in [6.45, 7) is 6.70. The first-order valence-electron chi connectivity index (χ1n) is 14.1. The summed E-state index contributed by atoms with van der Waals surface area (Å²) in [7, 11) is 4.92. The number of methoxy groups -OCH3 is 1. The van der Waals surface area contributed by atoms with E-state index >= 15 is 0 Å². The molecule has 0 aromatic carbocycles. The summed E-state index contributed by atoms with van der Waals surface area (Å²) < 4.78 is 29.1. The number of cyclic esters (lactones) is 1. The highest BCUT2D eigenvalue weighted by atomic mass is 16.7. The van der Waals surface area contributed by atoms with Gasteiger partial charge in [-0.1, -0.05) is 25.2 Å². The van der Waals surface area contributed by atoms with Crippen molar-refractivity contribution in [1.82, 2.24) is 4.90 Å². The van der Waals surface area contributed by atoms with Gasteiger partial charge in [0.15, 0.2) is 6.29 Å². The lowest BCUT2D eigenvalue weighted by Gasteiger charge is -2.46. The van der Waals surface area contributed by atoms with E-state index < -0.39 is 72.9 Å². The molecule has 11 nitrogen and oxygen atoms in total. The molecule has 2 N–H and O–H groups in total. The third-order valence-corrected chi connectivity index (χ3v) is 7.45. The van der Waals surface area contributed by atoms with Crippen LogP contribution >= 0.6 is 0 Å². The van der Waals surface area contributed by atoms with Crippen molar-refractivity contribution in [2.75, 3.05) is 21.2 Å². The average Bonchev–Trinajstić information content (AvgIpc) is 2.89. The van der Waals surface area contributed by atoms with E-state index in [9.17, 15) is 24.6 Å². The van der Waals surface area contributed by atoms with Gasteiger partial charge in [0.2, 0.25) is 0 Å². The van der Waals surface area contributed by atoms with Crippen LogP contribution in [-0.4, -0.2) is 110 Å². The Balaban J connectivity index is 2.54. The molecule has 0 bridgehead atoms. The number of allylic oxidation sites excluding steroid dienone is 2. The van der Waals surface area contributed by atoms with Crippen molar-refractivity contribution in [2.45, 2.75) is 102 Å². The van der Waals surface area contributed by atoms with E-state index in [1.54, 1.807) is 51.1 Å². The maximum absolute atomic E-state index is 12.6.